The highest BCUT2D eigenvalue weighted by atomic mass is 35.5. The third-order valence-corrected chi connectivity index (χ3v) is 5.92. The maximum atomic E-state index is 13.7. The predicted molar refractivity (Wildman–Crippen MR) is 132 cm³/mol. The highest BCUT2D eigenvalue weighted by molar-refractivity contribution is 6.31. The molecule has 5 heteroatoms. The second kappa shape index (κ2) is 9.68. The lowest BCUT2D eigenvalue weighted by Gasteiger charge is -2.12. The minimum atomic E-state index is -0.521. The lowest BCUT2D eigenvalue weighted by molar-refractivity contribution is -0.112. The Morgan fingerprint density at radius 1 is 1.06 bits per heavy atom. The first-order valence-corrected chi connectivity index (χ1v) is 10.8. The number of anilines is 1. The van der Waals surface area contributed by atoms with Gasteiger partial charge in [-0.3, -0.25) is 4.79 Å². The number of benzene rings is 4. The Morgan fingerprint density at radius 3 is 2.64 bits per heavy atom. The molecule has 3 nitrogen and oxygen atoms in total. The molecule has 0 atom stereocenters. The summed E-state index contributed by atoms with van der Waals surface area (Å²) in [7, 11) is 0. The van der Waals surface area contributed by atoms with E-state index in [1.807, 2.05) is 48.5 Å². The van der Waals surface area contributed by atoms with E-state index in [1.165, 1.54) is 12.1 Å². The van der Waals surface area contributed by atoms with Gasteiger partial charge in [-0.2, -0.15) is 5.26 Å². The molecule has 0 saturated carbocycles. The van der Waals surface area contributed by atoms with Gasteiger partial charge in [-0.1, -0.05) is 66.2 Å². The monoisotopic (exact) mass is 454 g/mol. The molecule has 0 aromatic heterocycles. The molecule has 0 aliphatic rings. The van der Waals surface area contributed by atoms with Crippen molar-refractivity contribution in [2.24, 2.45) is 0 Å². The van der Waals surface area contributed by atoms with Crippen LogP contribution in [0.5, 0.6) is 0 Å². The van der Waals surface area contributed by atoms with Crippen LogP contribution in [-0.4, -0.2) is 5.91 Å². The van der Waals surface area contributed by atoms with E-state index in [4.69, 9.17) is 11.6 Å². The topological polar surface area (TPSA) is 52.9 Å². The molecule has 4 aromatic rings. The summed E-state index contributed by atoms with van der Waals surface area (Å²) in [5.41, 5.74) is 3.68. The van der Waals surface area contributed by atoms with Crippen LogP contribution in [0.2, 0.25) is 5.02 Å². The lowest BCUT2D eigenvalue weighted by Crippen LogP contribution is -2.14. The Bertz CT molecular complexity index is 1440. The Kier molecular flexibility index (Phi) is 6.53. The van der Waals surface area contributed by atoms with Crippen LogP contribution in [0.3, 0.4) is 0 Å². The standard InChI is InChI=1S/C28H20ClFN2O/c1-18-26(29)10-5-11-27(18)32-28(33)22(17-31)16-25-21(14-19-6-4-8-23(30)15-19)13-12-20-7-2-3-9-24(20)25/h2-13,15-16H,14H2,1H3,(H,32,33)/b22-16+. The van der Waals surface area contributed by atoms with Gasteiger partial charge >= 0.3 is 0 Å². The molecule has 0 spiro atoms. The summed E-state index contributed by atoms with van der Waals surface area (Å²) >= 11 is 6.16. The molecule has 1 N–H and O–H groups in total. The summed E-state index contributed by atoms with van der Waals surface area (Å²) < 4.78 is 13.7. The van der Waals surface area contributed by atoms with Crippen molar-refractivity contribution in [2.75, 3.05) is 5.32 Å². The van der Waals surface area contributed by atoms with Crippen LogP contribution in [0.1, 0.15) is 22.3 Å². The van der Waals surface area contributed by atoms with Gasteiger partial charge in [0, 0.05) is 10.7 Å². The van der Waals surface area contributed by atoms with Gasteiger partial charge in [0.1, 0.15) is 17.5 Å². The van der Waals surface area contributed by atoms with Crippen molar-refractivity contribution in [3.8, 4) is 6.07 Å². The second-order valence-corrected chi connectivity index (χ2v) is 8.11. The van der Waals surface area contributed by atoms with E-state index < -0.39 is 5.91 Å². The number of hydrogen-bond donors (Lipinski definition) is 1. The molecule has 0 bridgehead atoms. The molecule has 0 heterocycles. The Hall–Kier alpha value is -3.94. The molecular formula is C28H20ClFN2O. The molecular weight excluding hydrogens is 435 g/mol. The number of fused-ring (bicyclic) bond motifs is 1. The number of nitrogens with one attached hydrogen (secondary N) is 1. The van der Waals surface area contributed by atoms with E-state index in [-0.39, 0.29) is 11.4 Å². The third kappa shape index (κ3) is 4.95. The van der Waals surface area contributed by atoms with E-state index in [1.54, 1.807) is 37.3 Å². The number of hydrogen-bond acceptors (Lipinski definition) is 2. The molecule has 0 saturated heterocycles. The molecule has 0 unspecified atom stereocenters. The Morgan fingerprint density at radius 2 is 1.85 bits per heavy atom. The molecule has 1 amide bonds. The van der Waals surface area contributed by atoms with Crippen molar-refractivity contribution in [1.29, 1.82) is 5.26 Å². The van der Waals surface area contributed by atoms with Gasteiger partial charge < -0.3 is 5.32 Å². The summed E-state index contributed by atoms with van der Waals surface area (Å²) in [5.74, 6) is -0.827. The van der Waals surface area contributed by atoms with Gasteiger partial charge in [0.05, 0.1) is 0 Å². The number of nitriles is 1. The largest absolute Gasteiger partial charge is 0.321 e. The number of carbonyl (C=O) groups is 1. The fourth-order valence-corrected chi connectivity index (χ4v) is 3.93. The van der Waals surface area contributed by atoms with Crippen molar-refractivity contribution < 1.29 is 9.18 Å². The quantitative estimate of drug-likeness (QED) is 0.259. The van der Waals surface area contributed by atoms with E-state index in [0.29, 0.717) is 17.1 Å². The van der Waals surface area contributed by atoms with Crippen LogP contribution in [0.4, 0.5) is 10.1 Å². The second-order valence-electron chi connectivity index (χ2n) is 7.70. The minimum Gasteiger partial charge on any atom is -0.321 e. The first kappa shape index (κ1) is 22.3. The SMILES string of the molecule is Cc1c(Cl)cccc1NC(=O)/C(C#N)=C/c1c(Cc2cccc(F)c2)ccc2ccccc12. The van der Waals surface area contributed by atoms with Crippen LogP contribution in [0, 0.1) is 24.1 Å². The fourth-order valence-electron chi connectivity index (χ4n) is 3.76. The molecule has 162 valence electrons. The first-order valence-electron chi connectivity index (χ1n) is 10.4. The number of halogens is 2. The van der Waals surface area contributed by atoms with Gasteiger partial charge in [0.15, 0.2) is 0 Å². The smallest absolute Gasteiger partial charge is 0.266 e. The van der Waals surface area contributed by atoms with E-state index in [0.717, 1.165) is 33.0 Å². The number of carbonyl (C=O) groups excluding carboxylic acids is 1. The molecule has 0 aliphatic heterocycles. The molecule has 33 heavy (non-hydrogen) atoms. The van der Waals surface area contributed by atoms with Crippen molar-refractivity contribution >= 4 is 40.0 Å². The molecule has 4 rings (SSSR count). The summed E-state index contributed by atoms with van der Waals surface area (Å²) in [5, 5.41) is 15.0. The van der Waals surface area contributed by atoms with E-state index in [9.17, 15) is 14.4 Å². The Labute approximate surface area is 196 Å². The van der Waals surface area contributed by atoms with Crippen LogP contribution < -0.4 is 5.32 Å². The summed E-state index contributed by atoms with van der Waals surface area (Å²) in [6.07, 6.45) is 2.06. The highest BCUT2D eigenvalue weighted by Gasteiger charge is 2.15. The maximum Gasteiger partial charge on any atom is 0.266 e. The minimum absolute atomic E-state index is 0.0359. The summed E-state index contributed by atoms with van der Waals surface area (Å²) in [6, 6.07) is 25.4. The zero-order valence-corrected chi connectivity index (χ0v) is 18.7. The van der Waals surface area contributed by atoms with Gasteiger partial charge in [-0.05, 0) is 76.7 Å². The van der Waals surface area contributed by atoms with Crippen molar-refractivity contribution in [1.82, 2.24) is 0 Å². The Balaban J connectivity index is 1.78. The van der Waals surface area contributed by atoms with E-state index >= 15 is 0 Å². The lowest BCUT2D eigenvalue weighted by atomic mass is 9.93. The van der Waals surface area contributed by atoms with Gasteiger partial charge in [0.2, 0.25) is 0 Å². The first-order chi connectivity index (χ1) is 16.0. The van der Waals surface area contributed by atoms with Crippen LogP contribution in [-0.2, 0) is 11.2 Å². The van der Waals surface area contributed by atoms with Crippen LogP contribution in [0.15, 0.2) is 84.4 Å². The van der Waals surface area contributed by atoms with Gasteiger partial charge in [-0.15, -0.1) is 0 Å². The normalized spacial score (nSPS) is 11.3. The molecule has 0 radical (unpaired) electrons. The highest BCUT2D eigenvalue weighted by Crippen LogP contribution is 2.28. The summed E-state index contributed by atoms with van der Waals surface area (Å²) in [4.78, 5) is 13.0. The summed E-state index contributed by atoms with van der Waals surface area (Å²) in [6.45, 7) is 1.80. The number of nitrogens with zero attached hydrogens (tertiary/aromatic N) is 1. The van der Waals surface area contributed by atoms with Gasteiger partial charge in [0.25, 0.3) is 5.91 Å². The fraction of sp³-hybridized carbons (Fsp3) is 0.0714. The molecule has 4 aromatic carbocycles. The zero-order valence-electron chi connectivity index (χ0n) is 17.9. The average Bonchev–Trinajstić information content (AvgIpc) is 2.81. The van der Waals surface area contributed by atoms with Crippen molar-refractivity contribution in [2.45, 2.75) is 13.3 Å². The number of rotatable bonds is 5. The molecule has 0 aliphatic carbocycles. The predicted octanol–water partition coefficient (Wildman–Crippen LogP) is 7.08. The average molecular weight is 455 g/mol. The van der Waals surface area contributed by atoms with E-state index in [2.05, 4.69) is 5.32 Å². The molecule has 0 fully saturated rings. The van der Waals surface area contributed by atoms with Crippen LogP contribution >= 0.6 is 11.6 Å². The van der Waals surface area contributed by atoms with Crippen molar-refractivity contribution in [3.05, 3.63) is 118 Å². The number of amides is 1. The van der Waals surface area contributed by atoms with Crippen molar-refractivity contribution in [3.63, 3.8) is 0 Å². The maximum absolute atomic E-state index is 13.7. The van der Waals surface area contributed by atoms with Crippen LogP contribution in [0.25, 0.3) is 16.8 Å². The van der Waals surface area contributed by atoms with Gasteiger partial charge in [-0.25, -0.2) is 4.39 Å². The third-order valence-electron chi connectivity index (χ3n) is 5.51. The zero-order chi connectivity index (χ0) is 23.4.